The summed E-state index contributed by atoms with van der Waals surface area (Å²) in [6.45, 7) is 3.57. The lowest BCUT2D eigenvalue weighted by molar-refractivity contribution is 0.0643. The first-order chi connectivity index (χ1) is 6.11. The maximum Gasteiger partial charge on any atom is 0.192 e. The zero-order valence-electron chi connectivity index (χ0n) is 7.91. The van der Waals surface area contributed by atoms with Gasteiger partial charge in [0.1, 0.15) is 0 Å². The fourth-order valence-corrected chi connectivity index (χ4v) is 2.35. The summed E-state index contributed by atoms with van der Waals surface area (Å²) in [6.07, 6.45) is -0.556. The van der Waals surface area contributed by atoms with Crippen molar-refractivity contribution in [2.75, 3.05) is 5.88 Å². The van der Waals surface area contributed by atoms with Crippen LogP contribution in [0.1, 0.15) is 20.3 Å². The molecule has 14 heavy (non-hydrogen) atoms. The van der Waals surface area contributed by atoms with E-state index in [4.69, 9.17) is 58.0 Å². The minimum atomic E-state index is -1.41. The molecule has 1 nitrogen and oxygen atoms in total. The average molecular weight is 302 g/mol. The molecule has 0 rings (SSSR count). The van der Waals surface area contributed by atoms with Gasteiger partial charge in [0, 0.05) is 23.1 Å². The van der Waals surface area contributed by atoms with E-state index in [-0.39, 0.29) is 12.3 Å². The Balaban J connectivity index is 4.43. The minimum Gasteiger partial charge on any atom is -0.391 e. The quantitative estimate of drug-likeness (QED) is 0.779. The fraction of sp³-hybridized carbons (Fsp3) is 1.00. The maximum atomic E-state index is 9.61. The third-order valence-corrected chi connectivity index (χ3v) is 3.69. The van der Waals surface area contributed by atoms with Crippen molar-refractivity contribution in [3.63, 3.8) is 0 Å². The molecule has 0 aliphatic heterocycles. The number of alkyl halides is 5. The van der Waals surface area contributed by atoms with Crippen LogP contribution < -0.4 is 0 Å². The van der Waals surface area contributed by atoms with Crippen molar-refractivity contribution < 1.29 is 5.11 Å². The van der Waals surface area contributed by atoms with E-state index in [2.05, 4.69) is 0 Å². The second-order valence-electron chi connectivity index (χ2n) is 3.78. The van der Waals surface area contributed by atoms with Gasteiger partial charge in [-0.3, -0.25) is 0 Å². The summed E-state index contributed by atoms with van der Waals surface area (Å²) in [5.74, 6) is 0.107. The molecule has 0 aromatic heterocycles. The first kappa shape index (κ1) is 15.4. The molecule has 0 aliphatic rings. The van der Waals surface area contributed by atoms with E-state index >= 15 is 0 Å². The molecule has 0 spiro atoms. The summed E-state index contributed by atoms with van der Waals surface area (Å²) in [6, 6.07) is 0. The largest absolute Gasteiger partial charge is 0.391 e. The third-order valence-electron chi connectivity index (χ3n) is 2.22. The number of rotatable bonds is 4. The van der Waals surface area contributed by atoms with Gasteiger partial charge in [-0.25, -0.2) is 0 Å². The Bertz CT molecular complexity index is 177. The van der Waals surface area contributed by atoms with Crippen molar-refractivity contribution in [3.8, 4) is 0 Å². The van der Waals surface area contributed by atoms with E-state index in [9.17, 15) is 5.11 Å². The molecule has 0 aliphatic carbocycles. The molecule has 0 bridgehead atoms. The Morgan fingerprint density at radius 1 is 1.21 bits per heavy atom. The minimum absolute atomic E-state index is 0.107. The van der Waals surface area contributed by atoms with E-state index in [1.54, 1.807) is 13.8 Å². The van der Waals surface area contributed by atoms with Crippen LogP contribution >= 0.6 is 58.0 Å². The topological polar surface area (TPSA) is 20.2 Å². The zero-order chi connectivity index (χ0) is 11.6. The van der Waals surface area contributed by atoms with Gasteiger partial charge in [0.05, 0.1) is 6.10 Å². The summed E-state index contributed by atoms with van der Waals surface area (Å²) < 4.78 is -1.41. The fourth-order valence-electron chi connectivity index (χ4n) is 0.874. The first-order valence-corrected chi connectivity index (χ1v) is 6.16. The number of hydrogen-bond donors (Lipinski definition) is 1. The molecule has 1 N–H and O–H groups in total. The molecule has 2 atom stereocenters. The van der Waals surface area contributed by atoms with Crippen molar-refractivity contribution in [3.05, 3.63) is 0 Å². The van der Waals surface area contributed by atoms with Crippen LogP contribution in [0, 0.1) is 5.41 Å². The maximum absolute atomic E-state index is 9.61. The van der Waals surface area contributed by atoms with Crippen molar-refractivity contribution in [1.29, 1.82) is 0 Å². The van der Waals surface area contributed by atoms with E-state index < -0.39 is 20.7 Å². The Morgan fingerprint density at radius 3 is 1.93 bits per heavy atom. The second kappa shape index (κ2) is 5.65. The predicted molar refractivity (Wildman–Crippen MR) is 65.1 cm³/mol. The normalized spacial score (nSPS) is 18.0. The van der Waals surface area contributed by atoms with Crippen LogP contribution in [-0.2, 0) is 0 Å². The lowest BCUT2D eigenvalue weighted by Gasteiger charge is -2.35. The van der Waals surface area contributed by atoms with Gasteiger partial charge in [0.2, 0.25) is 0 Å². The van der Waals surface area contributed by atoms with Gasteiger partial charge in [0.15, 0.2) is 3.79 Å². The molecule has 0 aromatic carbocycles. The number of aliphatic hydroxyl groups excluding tert-OH is 1. The van der Waals surface area contributed by atoms with E-state index in [1.165, 1.54) is 0 Å². The predicted octanol–water partition coefficient (Wildman–Crippen LogP) is 3.98. The Morgan fingerprint density at radius 2 is 1.64 bits per heavy atom. The van der Waals surface area contributed by atoms with Gasteiger partial charge < -0.3 is 5.11 Å². The number of halogens is 5. The lowest BCUT2D eigenvalue weighted by atomic mass is 9.82. The average Bonchev–Trinajstić information content (AvgIpc) is 1.99. The van der Waals surface area contributed by atoms with Crippen LogP contribution in [0.25, 0.3) is 0 Å². The Hall–Kier alpha value is 1.41. The molecule has 0 saturated carbocycles. The van der Waals surface area contributed by atoms with Crippen LogP contribution in [0.2, 0.25) is 0 Å². The Kier molecular flexibility index (Phi) is 6.22. The van der Waals surface area contributed by atoms with Crippen molar-refractivity contribution in [2.45, 2.75) is 35.5 Å². The standard InChI is InChI=1S/C8H13Cl5O/c1-7(2,6(14)4-9)5(10)3-8(11,12)13/h5-6,14H,3-4H2,1-2H3. The van der Waals surface area contributed by atoms with Gasteiger partial charge in [-0.2, -0.15) is 0 Å². The highest BCUT2D eigenvalue weighted by Crippen LogP contribution is 2.40. The molecule has 2 unspecified atom stereocenters. The monoisotopic (exact) mass is 300 g/mol. The van der Waals surface area contributed by atoms with Gasteiger partial charge in [-0.15, -0.1) is 23.2 Å². The van der Waals surface area contributed by atoms with Crippen LogP contribution in [0.15, 0.2) is 0 Å². The lowest BCUT2D eigenvalue weighted by Crippen LogP contribution is -2.40. The van der Waals surface area contributed by atoms with E-state index in [0.29, 0.717) is 0 Å². The summed E-state index contributed by atoms with van der Waals surface area (Å²) in [7, 11) is 0. The van der Waals surface area contributed by atoms with Crippen molar-refractivity contribution >= 4 is 58.0 Å². The highest BCUT2D eigenvalue weighted by Gasteiger charge is 2.39. The molecule has 0 amide bonds. The highest BCUT2D eigenvalue weighted by atomic mass is 35.6. The summed E-state index contributed by atoms with van der Waals surface area (Å²) in [4.78, 5) is 0. The van der Waals surface area contributed by atoms with E-state index in [0.717, 1.165) is 0 Å². The SMILES string of the molecule is CC(C)(C(O)CCl)C(Cl)CC(Cl)(Cl)Cl. The molecule has 0 fully saturated rings. The van der Waals surface area contributed by atoms with Crippen LogP contribution in [0.3, 0.4) is 0 Å². The Labute approximate surface area is 110 Å². The second-order valence-corrected chi connectivity index (χ2v) is 7.13. The van der Waals surface area contributed by atoms with Crippen LogP contribution in [0.4, 0.5) is 0 Å². The first-order valence-electron chi connectivity index (χ1n) is 4.06. The summed E-state index contributed by atoms with van der Waals surface area (Å²) in [5, 5.41) is 9.15. The van der Waals surface area contributed by atoms with Gasteiger partial charge in [-0.1, -0.05) is 48.7 Å². The van der Waals surface area contributed by atoms with E-state index in [1.807, 2.05) is 0 Å². The molecule has 0 aromatic rings. The van der Waals surface area contributed by atoms with Gasteiger partial charge in [0.25, 0.3) is 0 Å². The van der Waals surface area contributed by atoms with Gasteiger partial charge in [-0.05, 0) is 0 Å². The number of aliphatic hydroxyl groups is 1. The third kappa shape index (κ3) is 4.96. The van der Waals surface area contributed by atoms with Crippen molar-refractivity contribution in [2.24, 2.45) is 5.41 Å². The molecule has 0 saturated heterocycles. The molecular formula is C8H13Cl5O. The molecular weight excluding hydrogens is 289 g/mol. The molecule has 6 heteroatoms. The van der Waals surface area contributed by atoms with Crippen LogP contribution in [0.5, 0.6) is 0 Å². The summed E-state index contributed by atoms with van der Waals surface area (Å²) >= 11 is 28.4. The van der Waals surface area contributed by atoms with Crippen LogP contribution in [-0.4, -0.2) is 26.3 Å². The summed E-state index contributed by atoms with van der Waals surface area (Å²) in [5.41, 5.74) is -0.590. The molecule has 0 radical (unpaired) electrons. The smallest absolute Gasteiger partial charge is 0.192 e. The van der Waals surface area contributed by atoms with Crippen molar-refractivity contribution in [1.82, 2.24) is 0 Å². The van der Waals surface area contributed by atoms with Gasteiger partial charge >= 0.3 is 0 Å². The molecule has 86 valence electrons. The zero-order valence-corrected chi connectivity index (χ0v) is 11.7. The highest BCUT2D eigenvalue weighted by molar-refractivity contribution is 6.67. The number of hydrogen-bond acceptors (Lipinski definition) is 1. The molecule has 0 heterocycles.